The van der Waals surface area contributed by atoms with Crippen LogP contribution in [0.5, 0.6) is 0 Å². The summed E-state index contributed by atoms with van der Waals surface area (Å²) in [7, 11) is 1.42. The van der Waals surface area contributed by atoms with Crippen LogP contribution < -0.4 is 15.2 Å². The standard InChI is InChI=1S/C22H37N3O5/c1-22(2,3)30-15-13-24-21(27)19-10-9-14-25(16-19)18-29-17-23-12-8-6-5-7-11-20(26)28-4/h9-10,14,16,23H,5-8,11-13,15,17-18H2,1-4H3/p+1. The molecule has 1 heterocycles. The second-order valence-electron chi connectivity index (χ2n) is 8.04. The van der Waals surface area contributed by atoms with Crippen molar-refractivity contribution in [2.24, 2.45) is 0 Å². The van der Waals surface area contributed by atoms with Crippen molar-refractivity contribution in [2.75, 3.05) is 33.5 Å². The second-order valence-corrected chi connectivity index (χ2v) is 8.04. The largest absolute Gasteiger partial charge is 0.469 e. The molecule has 0 radical (unpaired) electrons. The van der Waals surface area contributed by atoms with E-state index in [0.29, 0.717) is 38.6 Å². The number of amides is 1. The summed E-state index contributed by atoms with van der Waals surface area (Å²) in [5.74, 6) is -0.276. The van der Waals surface area contributed by atoms with Crippen molar-refractivity contribution in [1.82, 2.24) is 10.6 Å². The van der Waals surface area contributed by atoms with Crippen LogP contribution in [-0.2, 0) is 25.7 Å². The molecule has 0 spiro atoms. The van der Waals surface area contributed by atoms with E-state index < -0.39 is 0 Å². The van der Waals surface area contributed by atoms with Crippen LogP contribution in [0.4, 0.5) is 0 Å². The average molecular weight is 425 g/mol. The molecule has 0 aliphatic carbocycles. The van der Waals surface area contributed by atoms with Gasteiger partial charge in [-0.1, -0.05) is 12.8 Å². The molecule has 0 fully saturated rings. The van der Waals surface area contributed by atoms with Crippen molar-refractivity contribution in [3.05, 3.63) is 30.1 Å². The zero-order chi connectivity index (χ0) is 22.2. The number of carbonyl (C=O) groups excluding carboxylic acids is 2. The highest BCUT2D eigenvalue weighted by Crippen LogP contribution is 2.05. The zero-order valence-corrected chi connectivity index (χ0v) is 18.9. The lowest BCUT2D eigenvalue weighted by Gasteiger charge is -2.19. The Morgan fingerprint density at radius 1 is 1.10 bits per heavy atom. The monoisotopic (exact) mass is 424 g/mol. The third-order valence-corrected chi connectivity index (χ3v) is 4.20. The molecule has 0 aliphatic heterocycles. The molecule has 2 N–H and O–H groups in total. The Kier molecular flexibility index (Phi) is 12.9. The summed E-state index contributed by atoms with van der Waals surface area (Å²) < 4.78 is 17.6. The number of pyridine rings is 1. The lowest BCUT2D eigenvalue weighted by molar-refractivity contribution is -0.733. The van der Waals surface area contributed by atoms with E-state index in [0.717, 1.165) is 32.2 Å². The fraction of sp³-hybridized carbons (Fsp3) is 0.682. The molecule has 8 nitrogen and oxygen atoms in total. The lowest BCUT2D eigenvalue weighted by Crippen LogP contribution is -2.38. The van der Waals surface area contributed by atoms with E-state index in [4.69, 9.17) is 9.47 Å². The van der Waals surface area contributed by atoms with E-state index >= 15 is 0 Å². The van der Waals surface area contributed by atoms with Gasteiger partial charge in [0.05, 0.1) is 19.3 Å². The maximum Gasteiger partial charge on any atom is 0.305 e. The minimum Gasteiger partial charge on any atom is -0.469 e. The van der Waals surface area contributed by atoms with Crippen molar-refractivity contribution in [3.8, 4) is 0 Å². The van der Waals surface area contributed by atoms with Gasteiger partial charge >= 0.3 is 5.97 Å². The van der Waals surface area contributed by atoms with E-state index in [1.165, 1.54) is 7.11 Å². The first-order valence-electron chi connectivity index (χ1n) is 10.6. The van der Waals surface area contributed by atoms with E-state index in [1.807, 2.05) is 37.6 Å². The molecular formula is C22H38N3O5+. The first-order valence-corrected chi connectivity index (χ1v) is 10.6. The fourth-order valence-electron chi connectivity index (χ4n) is 2.63. The van der Waals surface area contributed by atoms with Gasteiger partial charge in [-0.05, 0) is 46.2 Å². The minimum absolute atomic E-state index is 0.132. The molecule has 0 aromatic carbocycles. The Labute approximate surface area is 180 Å². The molecule has 170 valence electrons. The van der Waals surface area contributed by atoms with Crippen LogP contribution in [0.2, 0.25) is 0 Å². The predicted molar refractivity (Wildman–Crippen MR) is 114 cm³/mol. The number of aromatic nitrogens is 1. The molecule has 1 amide bonds. The summed E-state index contributed by atoms with van der Waals surface area (Å²) in [6, 6.07) is 3.60. The quantitative estimate of drug-likeness (QED) is 0.194. The van der Waals surface area contributed by atoms with Crippen LogP contribution in [0.1, 0.15) is 63.2 Å². The van der Waals surface area contributed by atoms with Crippen molar-refractivity contribution >= 4 is 11.9 Å². The highest BCUT2D eigenvalue weighted by atomic mass is 16.5. The van der Waals surface area contributed by atoms with Gasteiger partial charge in [0.25, 0.3) is 12.6 Å². The van der Waals surface area contributed by atoms with Crippen LogP contribution in [0.25, 0.3) is 0 Å². The highest BCUT2D eigenvalue weighted by molar-refractivity contribution is 5.93. The summed E-state index contributed by atoms with van der Waals surface area (Å²) in [4.78, 5) is 23.2. The number of rotatable bonds is 15. The van der Waals surface area contributed by atoms with Gasteiger partial charge in [-0.3, -0.25) is 14.9 Å². The predicted octanol–water partition coefficient (Wildman–Crippen LogP) is 2.16. The number of hydrogen-bond acceptors (Lipinski definition) is 6. The van der Waals surface area contributed by atoms with Crippen molar-refractivity contribution in [2.45, 2.75) is 65.2 Å². The first-order chi connectivity index (χ1) is 14.3. The molecule has 1 aromatic heterocycles. The van der Waals surface area contributed by atoms with Gasteiger partial charge in [-0.2, -0.15) is 4.57 Å². The van der Waals surface area contributed by atoms with Crippen LogP contribution in [-0.4, -0.2) is 51.0 Å². The molecular weight excluding hydrogens is 386 g/mol. The lowest BCUT2D eigenvalue weighted by atomic mass is 10.1. The minimum atomic E-state index is -0.212. The Morgan fingerprint density at radius 3 is 2.60 bits per heavy atom. The Balaban J connectivity index is 2.13. The van der Waals surface area contributed by atoms with Gasteiger partial charge in [0.2, 0.25) is 0 Å². The molecule has 0 unspecified atom stereocenters. The number of nitrogens with zero attached hydrogens (tertiary/aromatic N) is 1. The number of esters is 1. The zero-order valence-electron chi connectivity index (χ0n) is 18.9. The van der Waals surface area contributed by atoms with Crippen molar-refractivity contribution in [3.63, 3.8) is 0 Å². The molecule has 1 aromatic rings. The van der Waals surface area contributed by atoms with E-state index in [9.17, 15) is 9.59 Å². The number of hydrogen-bond donors (Lipinski definition) is 2. The van der Waals surface area contributed by atoms with Crippen molar-refractivity contribution in [1.29, 1.82) is 0 Å². The van der Waals surface area contributed by atoms with Crippen LogP contribution in [0.15, 0.2) is 24.5 Å². The normalized spacial score (nSPS) is 11.3. The number of ether oxygens (including phenoxy) is 3. The number of nitrogens with one attached hydrogen (secondary N) is 2. The van der Waals surface area contributed by atoms with E-state index in [-0.39, 0.29) is 17.5 Å². The number of unbranched alkanes of at least 4 members (excludes halogenated alkanes) is 3. The van der Waals surface area contributed by atoms with Crippen LogP contribution in [0, 0.1) is 0 Å². The van der Waals surface area contributed by atoms with E-state index in [2.05, 4.69) is 15.4 Å². The SMILES string of the molecule is COC(=O)CCCCCCNCOC[n+]1cccc(C(=O)NCCOC(C)(C)C)c1. The van der Waals surface area contributed by atoms with Crippen LogP contribution in [0.3, 0.4) is 0 Å². The number of methoxy groups -OCH3 is 1. The molecule has 0 saturated carbocycles. The maximum absolute atomic E-state index is 12.2. The van der Waals surface area contributed by atoms with Gasteiger partial charge in [-0.25, -0.2) is 0 Å². The van der Waals surface area contributed by atoms with Crippen molar-refractivity contribution < 1.29 is 28.4 Å². The smallest absolute Gasteiger partial charge is 0.305 e. The molecule has 0 atom stereocenters. The van der Waals surface area contributed by atoms with Crippen LogP contribution >= 0.6 is 0 Å². The Bertz CT molecular complexity index is 631. The van der Waals surface area contributed by atoms with Gasteiger partial charge in [0, 0.05) is 19.0 Å². The summed E-state index contributed by atoms with van der Waals surface area (Å²) in [5.41, 5.74) is 0.368. The summed E-state index contributed by atoms with van der Waals surface area (Å²) in [6.45, 7) is 8.56. The summed E-state index contributed by atoms with van der Waals surface area (Å²) in [6.07, 6.45) is 8.11. The third kappa shape index (κ3) is 13.2. The molecule has 0 saturated heterocycles. The van der Waals surface area contributed by atoms with Gasteiger partial charge in [0.15, 0.2) is 12.4 Å². The molecule has 1 rings (SSSR count). The maximum atomic E-state index is 12.2. The summed E-state index contributed by atoms with van der Waals surface area (Å²) >= 11 is 0. The molecule has 30 heavy (non-hydrogen) atoms. The van der Waals surface area contributed by atoms with Gasteiger partial charge in [0.1, 0.15) is 12.3 Å². The van der Waals surface area contributed by atoms with Gasteiger partial charge < -0.3 is 19.5 Å². The van der Waals surface area contributed by atoms with Gasteiger partial charge in [-0.15, -0.1) is 0 Å². The highest BCUT2D eigenvalue weighted by Gasteiger charge is 2.12. The third-order valence-electron chi connectivity index (χ3n) is 4.20. The molecule has 8 heteroatoms. The first kappa shape index (κ1) is 26.0. The topological polar surface area (TPSA) is 89.8 Å². The number of carbonyl (C=O) groups is 2. The Hall–Kier alpha value is -2.03. The Morgan fingerprint density at radius 2 is 1.87 bits per heavy atom. The fourth-order valence-corrected chi connectivity index (χ4v) is 2.63. The second kappa shape index (κ2) is 14.9. The molecule has 0 bridgehead atoms. The summed E-state index contributed by atoms with van der Waals surface area (Å²) in [5, 5.41) is 6.09. The molecule has 0 aliphatic rings. The average Bonchev–Trinajstić information content (AvgIpc) is 2.71. The van der Waals surface area contributed by atoms with E-state index in [1.54, 1.807) is 12.3 Å².